The molecule has 10 heteroatoms. The average molecular weight is 363 g/mol. The van der Waals surface area contributed by atoms with Gasteiger partial charge in [0.1, 0.15) is 11.0 Å². The number of aromatic nitrogens is 6. The fourth-order valence-corrected chi connectivity index (χ4v) is 2.92. The van der Waals surface area contributed by atoms with Crippen molar-refractivity contribution in [1.82, 2.24) is 35.5 Å². The lowest BCUT2D eigenvalue weighted by Crippen LogP contribution is -2.27. The molecule has 3 N–H and O–H groups in total. The average Bonchev–Trinajstić information content (AvgIpc) is 3.22. The molecule has 9 nitrogen and oxygen atoms in total. The molecular formula is C15H19ClN8O. The van der Waals surface area contributed by atoms with Gasteiger partial charge in [-0.15, -0.1) is 12.4 Å². The number of hydrogen-bond donors (Lipinski definition) is 3. The molecule has 25 heavy (non-hydrogen) atoms. The quantitative estimate of drug-likeness (QED) is 0.645. The number of hydrogen-bond acceptors (Lipinski definition) is 6. The van der Waals surface area contributed by atoms with E-state index in [1.165, 1.54) is 0 Å². The largest absolute Gasteiger partial charge is 0.317 e. The lowest BCUT2D eigenvalue weighted by molar-refractivity contribution is 0.102. The highest BCUT2D eigenvalue weighted by Crippen LogP contribution is 2.23. The lowest BCUT2D eigenvalue weighted by Gasteiger charge is -2.19. The van der Waals surface area contributed by atoms with Gasteiger partial charge in [-0.1, -0.05) is 0 Å². The Hall–Kier alpha value is -2.52. The summed E-state index contributed by atoms with van der Waals surface area (Å²) >= 11 is 0. The summed E-state index contributed by atoms with van der Waals surface area (Å²) in [4.78, 5) is 17.0. The number of amides is 1. The zero-order valence-corrected chi connectivity index (χ0v) is 14.5. The molecule has 3 heterocycles. The third-order valence-corrected chi connectivity index (χ3v) is 4.29. The van der Waals surface area contributed by atoms with Gasteiger partial charge >= 0.3 is 0 Å². The van der Waals surface area contributed by atoms with Gasteiger partial charge in [-0.3, -0.25) is 10.1 Å². The van der Waals surface area contributed by atoms with Crippen LogP contribution in [-0.2, 0) is 7.05 Å². The summed E-state index contributed by atoms with van der Waals surface area (Å²) in [7, 11) is 1.79. The van der Waals surface area contributed by atoms with Crippen LogP contribution in [0.15, 0.2) is 18.2 Å². The second-order valence-electron chi connectivity index (χ2n) is 5.92. The van der Waals surface area contributed by atoms with Crippen molar-refractivity contribution in [2.75, 3.05) is 18.4 Å². The van der Waals surface area contributed by atoms with Crippen molar-refractivity contribution in [2.45, 2.75) is 18.8 Å². The molecule has 1 aliphatic heterocycles. The summed E-state index contributed by atoms with van der Waals surface area (Å²) in [6.07, 6.45) is 2.03. The molecule has 0 saturated carbocycles. The van der Waals surface area contributed by atoms with E-state index < -0.39 is 0 Å². The third-order valence-electron chi connectivity index (χ3n) is 4.29. The standard InChI is InChI=1S/C15H18N8O.ClH/c1-23-15(17-13(21-23)9-4-6-16-7-5-9)18-14(24)10-2-3-11-12(8-10)20-22-19-11;/h2-3,8-9,16H,4-7H2,1H3,(H,19,20,22)(H,17,18,21,24);1H. The number of aromatic amines is 1. The number of nitrogens with one attached hydrogen (secondary N) is 3. The van der Waals surface area contributed by atoms with Crippen molar-refractivity contribution in [3.05, 3.63) is 29.6 Å². The van der Waals surface area contributed by atoms with Crippen LogP contribution in [0.3, 0.4) is 0 Å². The first-order chi connectivity index (χ1) is 11.7. The molecule has 3 aromatic rings. The van der Waals surface area contributed by atoms with Gasteiger partial charge in [0.25, 0.3) is 5.91 Å². The van der Waals surface area contributed by atoms with E-state index in [0.717, 1.165) is 37.3 Å². The zero-order valence-electron chi connectivity index (χ0n) is 13.7. The third kappa shape index (κ3) is 3.47. The Bertz CT molecular complexity index is 883. The fourth-order valence-electron chi connectivity index (χ4n) is 2.92. The van der Waals surface area contributed by atoms with Crippen LogP contribution in [0.1, 0.15) is 34.9 Å². The van der Waals surface area contributed by atoms with E-state index in [4.69, 9.17) is 0 Å². The molecule has 1 fully saturated rings. The van der Waals surface area contributed by atoms with Gasteiger partial charge in [0.2, 0.25) is 5.95 Å². The van der Waals surface area contributed by atoms with Gasteiger partial charge in [-0.25, -0.2) is 4.68 Å². The lowest BCUT2D eigenvalue weighted by atomic mass is 9.98. The van der Waals surface area contributed by atoms with E-state index in [9.17, 15) is 4.79 Å². The summed E-state index contributed by atoms with van der Waals surface area (Å²) in [5.74, 6) is 1.34. The normalized spacial score (nSPS) is 15.1. The van der Waals surface area contributed by atoms with Crippen molar-refractivity contribution < 1.29 is 4.79 Å². The summed E-state index contributed by atoms with van der Waals surface area (Å²) < 4.78 is 1.61. The van der Waals surface area contributed by atoms with Crippen LogP contribution in [0.2, 0.25) is 0 Å². The first-order valence-electron chi connectivity index (χ1n) is 7.94. The maximum Gasteiger partial charge on any atom is 0.258 e. The Labute approximate surface area is 150 Å². The molecule has 0 bridgehead atoms. The van der Waals surface area contributed by atoms with E-state index >= 15 is 0 Å². The Morgan fingerprint density at radius 1 is 1.24 bits per heavy atom. The number of halogens is 1. The Morgan fingerprint density at radius 2 is 2.00 bits per heavy atom. The van der Waals surface area contributed by atoms with Crippen LogP contribution < -0.4 is 10.6 Å². The number of fused-ring (bicyclic) bond motifs is 1. The first-order valence-corrected chi connectivity index (χ1v) is 7.94. The number of benzene rings is 1. The molecular weight excluding hydrogens is 344 g/mol. The molecule has 1 aliphatic rings. The highest BCUT2D eigenvalue weighted by Gasteiger charge is 2.21. The van der Waals surface area contributed by atoms with Crippen LogP contribution in [0.5, 0.6) is 0 Å². The predicted molar refractivity (Wildman–Crippen MR) is 94.9 cm³/mol. The van der Waals surface area contributed by atoms with Gasteiger partial charge in [0, 0.05) is 18.5 Å². The van der Waals surface area contributed by atoms with Crippen LogP contribution in [0.4, 0.5) is 5.95 Å². The molecule has 1 saturated heterocycles. The number of rotatable bonds is 3. The van der Waals surface area contributed by atoms with Gasteiger partial charge in [-0.2, -0.15) is 25.5 Å². The van der Waals surface area contributed by atoms with E-state index in [1.54, 1.807) is 29.9 Å². The Morgan fingerprint density at radius 3 is 2.80 bits per heavy atom. The minimum absolute atomic E-state index is 0. The molecule has 4 rings (SSSR count). The fraction of sp³-hybridized carbons (Fsp3) is 0.400. The SMILES string of the molecule is Cl.Cn1nc(C2CCNCC2)nc1NC(=O)c1ccc2n[nH]nc2c1. The topological polar surface area (TPSA) is 113 Å². The predicted octanol–water partition coefficient (Wildman–Crippen LogP) is 1.23. The summed E-state index contributed by atoms with van der Waals surface area (Å²) in [6, 6.07) is 5.16. The number of anilines is 1. The first kappa shape index (κ1) is 17.3. The Balaban J connectivity index is 0.00000182. The van der Waals surface area contributed by atoms with Crippen LogP contribution in [0, 0.1) is 0 Å². The Kier molecular flexibility index (Phi) is 4.95. The molecule has 0 atom stereocenters. The van der Waals surface area contributed by atoms with Crippen molar-refractivity contribution in [3.8, 4) is 0 Å². The molecule has 1 amide bonds. The molecule has 132 valence electrons. The summed E-state index contributed by atoms with van der Waals surface area (Å²) in [5.41, 5.74) is 1.87. The number of carbonyl (C=O) groups is 1. The number of piperidine rings is 1. The molecule has 0 aliphatic carbocycles. The van der Waals surface area contributed by atoms with E-state index in [2.05, 4.69) is 36.1 Å². The van der Waals surface area contributed by atoms with Gasteiger partial charge in [0.05, 0.1) is 0 Å². The number of carbonyl (C=O) groups excluding carboxylic acids is 1. The minimum Gasteiger partial charge on any atom is -0.317 e. The minimum atomic E-state index is -0.243. The summed E-state index contributed by atoms with van der Waals surface area (Å²) in [6.45, 7) is 1.95. The smallest absolute Gasteiger partial charge is 0.258 e. The zero-order chi connectivity index (χ0) is 16.5. The van der Waals surface area contributed by atoms with Crippen molar-refractivity contribution in [2.24, 2.45) is 7.05 Å². The maximum atomic E-state index is 12.5. The highest BCUT2D eigenvalue weighted by molar-refractivity contribution is 6.05. The molecule has 0 radical (unpaired) electrons. The molecule has 0 spiro atoms. The van der Waals surface area contributed by atoms with Crippen molar-refractivity contribution in [1.29, 1.82) is 0 Å². The second-order valence-corrected chi connectivity index (χ2v) is 5.92. The van der Waals surface area contributed by atoms with E-state index in [-0.39, 0.29) is 18.3 Å². The van der Waals surface area contributed by atoms with Crippen LogP contribution in [0.25, 0.3) is 11.0 Å². The van der Waals surface area contributed by atoms with Gasteiger partial charge in [0.15, 0.2) is 5.82 Å². The second kappa shape index (κ2) is 7.16. The van der Waals surface area contributed by atoms with E-state index in [1.807, 2.05) is 0 Å². The highest BCUT2D eigenvalue weighted by atomic mass is 35.5. The van der Waals surface area contributed by atoms with Gasteiger partial charge in [-0.05, 0) is 44.1 Å². The molecule has 2 aromatic heterocycles. The number of aryl methyl sites for hydroxylation is 1. The number of H-pyrrole nitrogens is 1. The monoisotopic (exact) mass is 362 g/mol. The number of nitrogens with zero attached hydrogens (tertiary/aromatic N) is 5. The van der Waals surface area contributed by atoms with Gasteiger partial charge < -0.3 is 5.32 Å². The van der Waals surface area contributed by atoms with Crippen LogP contribution >= 0.6 is 12.4 Å². The molecule has 1 aromatic carbocycles. The van der Waals surface area contributed by atoms with Crippen molar-refractivity contribution >= 4 is 35.3 Å². The van der Waals surface area contributed by atoms with Crippen LogP contribution in [-0.4, -0.2) is 49.2 Å². The summed E-state index contributed by atoms with van der Waals surface area (Å²) in [5, 5.41) is 21.1. The maximum absolute atomic E-state index is 12.5. The molecule has 0 unspecified atom stereocenters. The van der Waals surface area contributed by atoms with E-state index in [0.29, 0.717) is 22.9 Å². The van der Waals surface area contributed by atoms with Crippen molar-refractivity contribution in [3.63, 3.8) is 0 Å².